The molecule has 1 aromatic heterocycles. The van der Waals surface area contributed by atoms with E-state index in [4.69, 9.17) is 14.5 Å². The van der Waals surface area contributed by atoms with Crippen LogP contribution in [0.15, 0.2) is 53.1 Å². The Morgan fingerprint density at radius 2 is 2.14 bits per heavy atom. The van der Waals surface area contributed by atoms with E-state index in [1.165, 1.54) is 0 Å². The van der Waals surface area contributed by atoms with Crippen LogP contribution < -0.4 is 4.74 Å². The largest absolute Gasteiger partial charge is 0.497 e. The van der Waals surface area contributed by atoms with Gasteiger partial charge in [-0.1, -0.05) is 23.4 Å². The summed E-state index contributed by atoms with van der Waals surface area (Å²) in [6, 6.07) is 16.8. The molecule has 1 unspecified atom stereocenters. The van der Waals surface area contributed by atoms with Crippen LogP contribution in [0.4, 0.5) is 0 Å². The number of carbonyl (C=O) groups excluding carboxylic acids is 1. The molecule has 1 saturated heterocycles. The lowest BCUT2D eigenvalue weighted by atomic mass is 10.1. The predicted octanol–water partition coefficient (Wildman–Crippen LogP) is 3.13. The number of likely N-dealkylation sites (tertiary alicyclic amines) is 1. The molecule has 7 nitrogen and oxygen atoms in total. The van der Waals surface area contributed by atoms with Crippen LogP contribution in [-0.4, -0.2) is 34.6 Å². The Morgan fingerprint density at radius 1 is 1.29 bits per heavy atom. The van der Waals surface area contributed by atoms with Crippen LogP contribution in [0.2, 0.25) is 0 Å². The molecule has 140 valence electrons. The Morgan fingerprint density at radius 3 is 2.96 bits per heavy atom. The summed E-state index contributed by atoms with van der Waals surface area (Å²) < 4.78 is 10.6. The van der Waals surface area contributed by atoms with Gasteiger partial charge in [-0.3, -0.25) is 4.79 Å². The molecule has 0 aliphatic carbocycles. The van der Waals surface area contributed by atoms with Crippen molar-refractivity contribution in [3.8, 4) is 23.3 Å². The quantitative estimate of drug-likeness (QED) is 0.681. The molecule has 0 N–H and O–H groups in total. The second kappa shape index (κ2) is 7.53. The van der Waals surface area contributed by atoms with Crippen LogP contribution in [-0.2, 0) is 11.3 Å². The van der Waals surface area contributed by atoms with E-state index in [0.29, 0.717) is 42.4 Å². The van der Waals surface area contributed by atoms with Gasteiger partial charge in [0.1, 0.15) is 5.75 Å². The Hall–Kier alpha value is -3.66. The number of amides is 1. The highest BCUT2D eigenvalue weighted by atomic mass is 16.5. The predicted molar refractivity (Wildman–Crippen MR) is 100 cm³/mol. The van der Waals surface area contributed by atoms with Gasteiger partial charge in [0, 0.05) is 31.0 Å². The molecule has 0 radical (unpaired) electrons. The maximum atomic E-state index is 12.4. The molecule has 2 heterocycles. The summed E-state index contributed by atoms with van der Waals surface area (Å²) in [4.78, 5) is 18.7. The Bertz CT molecular complexity index is 1050. The van der Waals surface area contributed by atoms with Crippen molar-refractivity contribution >= 4 is 5.91 Å². The van der Waals surface area contributed by atoms with Crippen LogP contribution in [0.25, 0.3) is 11.5 Å². The van der Waals surface area contributed by atoms with Crippen LogP contribution in [0.5, 0.6) is 5.75 Å². The standard InChI is InChI=1S/C21H18N4O3/c1-27-18-7-3-5-15(9-18)12-25-13-17(10-19(25)26)20-23-21(28-24-20)16-6-2-4-14(8-16)11-22/h2-9,17H,10,12-13H2,1H3. The molecule has 0 bridgehead atoms. The third-order valence-electron chi connectivity index (χ3n) is 4.77. The highest BCUT2D eigenvalue weighted by Gasteiger charge is 2.33. The van der Waals surface area contributed by atoms with Gasteiger partial charge in [0.25, 0.3) is 5.89 Å². The van der Waals surface area contributed by atoms with Gasteiger partial charge in [-0.25, -0.2) is 0 Å². The number of hydrogen-bond donors (Lipinski definition) is 0. The fourth-order valence-electron chi connectivity index (χ4n) is 3.33. The third-order valence-corrected chi connectivity index (χ3v) is 4.77. The Balaban J connectivity index is 1.48. The number of hydrogen-bond acceptors (Lipinski definition) is 6. The third kappa shape index (κ3) is 3.58. The minimum Gasteiger partial charge on any atom is -0.497 e. The molecule has 1 amide bonds. The normalized spacial score (nSPS) is 16.2. The van der Waals surface area contributed by atoms with E-state index >= 15 is 0 Å². The molecule has 28 heavy (non-hydrogen) atoms. The van der Waals surface area contributed by atoms with Crippen molar-refractivity contribution in [2.75, 3.05) is 13.7 Å². The van der Waals surface area contributed by atoms with Crippen molar-refractivity contribution in [2.24, 2.45) is 0 Å². The molecule has 0 spiro atoms. The van der Waals surface area contributed by atoms with Crippen molar-refractivity contribution in [1.82, 2.24) is 15.0 Å². The molecule has 4 rings (SSSR count). The first-order chi connectivity index (χ1) is 13.7. The zero-order valence-corrected chi connectivity index (χ0v) is 15.3. The zero-order valence-electron chi connectivity index (χ0n) is 15.3. The summed E-state index contributed by atoms with van der Waals surface area (Å²) in [6.07, 6.45) is 0.348. The lowest BCUT2D eigenvalue weighted by Gasteiger charge is -2.16. The summed E-state index contributed by atoms with van der Waals surface area (Å²) in [5, 5.41) is 13.1. The van der Waals surface area contributed by atoms with Crippen LogP contribution in [0.3, 0.4) is 0 Å². The summed E-state index contributed by atoms with van der Waals surface area (Å²) >= 11 is 0. The van der Waals surface area contributed by atoms with E-state index in [2.05, 4.69) is 16.2 Å². The molecule has 1 atom stereocenters. The zero-order chi connectivity index (χ0) is 19.5. The SMILES string of the molecule is COc1cccc(CN2CC(c3noc(-c4cccc(C#N)c4)n3)CC2=O)c1. The number of nitrogens with zero attached hydrogens (tertiary/aromatic N) is 4. The molecule has 7 heteroatoms. The first-order valence-electron chi connectivity index (χ1n) is 8.91. The number of benzene rings is 2. The lowest BCUT2D eigenvalue weighted by Crippen LogP contribution is -2.24. The number of carbonyl (C=O) groups is 1. The smallest absolute Gasteiger partial charge is 0.257 e. The van der Waals surface area contributed by atoms with Gasteiger partial charge in [-0.15, -0.1) is 0 Å². The van der Waals surface area contributed by atoms with Crippen molar-refractivity contribution in [2.45, 2.75) is 18.9 Å². The molecule has 3 aromatic rings. The number of rotatable bonds is 5. The fourth-order valence-corrected chi connectivity index (χ4v) is 3.33. The van der Waals surface area contributed by atoms with Crippen molar-refractivity contribution in [3.05, 3.63) is 65.5 Å². The van der Waals surface area contributed by atoms with Crippen molar-refractivity contribution < 1.29 is 14.1 Å². The van der Waals surface area contributed by atoms with Gasteiger partial charge >= 0.3 is 0 Å². The Kier molecular flexibility index (Phi) is 4.77. The average Bonchev–Trinajstić information content (AvgIpc) is 3.36. The maximum Gasteiger partial charge on any atom is 0.257 e. The molecule has 0 saturated carbocycles. The molecular weight excluding hydrogens is 356 g/mol. The van der Waals surface area contributed by atoms with E-state index in [0.717, 1.165) is 11.3 Å². The number of ether oxygens (including phenoxy) is 1. The van der Waals surface area contributed by atoms with Gasteiger partial charge in [0.2, 0.25) is 5.91 Å². The molecule has 2 aromatic carbocycles. The van der Waals surface area contributed by atoms with Crippen LogP contribution in [0.1, 0.15) is 29.3 Å². The molecule has 1 aliphatic heterocycles. The number of methoxy groups -OCH3 is 1. The summed E-state index contributed by atoms with van der Waals surface area (Å²) in [7, 11) is 1.62. The van der Waals surface area contributed by atoms with Crippen LogP contribution in [0, 0.1) is 11.3 Å². The summed E-state index contributed by atoms with van der Waals surface area (Å²) in [5.41, 5.74) is 2.23. The van der Waals surface area contributed by atoms with Crippen molar-refractivity contribution in [3.63, 3.8) is 0 Å². The maximum absolute atomic E-state index is 12.4. The highest BCUT2D eigenvalue weighted by Crippen LogP contribution is 2.29. The van der Waals surface area contributed by atoms with E-state index in [-0.39, 0.29) is 11.8 Å². The Labute approximate surface area is 162 Å². The molecule has 1 aliphatic rings. The van der Waals surface area contributed by atoms with E-state index in [9.17, 15) is 4.79 Å². The first kappa shape index (κ1) is 17.7. The van der Waals surface area contributed by atoms with Gasteiger partial charge < -0.3 is 14.2 Å². The average molecular weight is 374 g/mol. The number of aromatic nitrogens is 2. The van der Waals surface area contributed by atoms with Gasteiger partial charge in [-0.05, 0) is 35.9 Å². The second-order valence-corrected chi connectivity index (χ2v) is 6.68. The van der Waals surface area contributed by atoms with Gasteiger partial charge in [-0.2, -0.15) is 10.2 Å². The fraction of sp³-hybridized carbons (Fsp3) is 0.238. The molecular formula is C21H18N4O3. The first-order valence-corrected chi connectivity index (χ1v) is 8.91. The lowest BCUT2D eigenvalue weighted by molar-refractivity contribution is -0.128. The second-order valence-electron chi connectivity index (χ2n) is 6.68. The molecule has 1 fully saturated rings. The summed E-state index contributed by atoms with van der Waals surface area (Å²) in [5.74, 6) is 1.58. The topological polar surface area (TPSA) is 92.2 Å². The summed E-state index contributed by atoms with van der Waals surface area (Å²) in [6.45, 7) is 1.05. The number of nitriles is 1. The van der Waals surface area contributed by atoms with Gasteiger partial charge in [0.05, 0.1) is 18.7 Å². The van der Waals surface area contributed by atoms with E-state index < -0.39 is 0 Å². The monoisotopic (exact) mass is 374 g/mol. The minimum atomic E-state index is -0.116. The van der Waals surface area contributed by atoms with E-state index in [1.807, 2.05) is 30.3 Å². The van der Waals surface area contributed by atoms with Crippen LogP contribution >= 0.6 is 0 Å². The minimum absolute atomic E-state index is 0.0608. The van der Waals surface area contributed by atoms with Gasteiger partial charge in [0.15, 0.2) is 5.82 Å². The van der Waals surface area contributed by atoms with Crippen molar-refractivity contribution in [1.29, 1.82) is 5.26 Å². The highest BCUT2D eigenvalue weighted by molar-refractivity contribution is 5.79. The van der Waals surface area contributed by atoms with E-state index in [1.54, 1.807) is 30.2 Å².